The van der Waals surface area contributed by atoms with E-state index >= 15 is 0 Å². The summed E-state index contributed by atoms with van der Waals surface area (Å²) in [6.07, 6.45) is -4.44. The monoisotopic (exact) mass is 403 g/mol. The molecule has 150 valence electrons. The molecule has 0 bridgehead atoms. The van der Waals surface area contributed by atoms with Gasteiger partial charge in [-0.2, -0.15) is 18.2 Å². The first-order chi connectivity index (χ1) is 13.7. The first-order valence-corrected chi connectivity index (χ1v) is 8.54. The second-order valence-electron chi connectivity index (χ2n) is 6.17. The average Bonchev–Trinajstić information content (AvgIpc) is 2.67. The van der Waals surface area contributed by atoms with Crippen LogP contribution in [0.2, 0.25) is 0 Å². The number of ether oxygens (including phenoxy) is 1. The Hall–Kier alpha value is -3.62. The number of hydrogen-bond acceptors (Lipinski definition) is 4. The highest BCUT2D eigenvalue weighted by Crippen LogP contribution is 2.29. The molecule has 1 aromatic heterocycles. The molecule has 0 aliphatic rings. The molecular formula is C20H16F3N3O3. The smallest absolute Gasteiger partial charge is 0.416 e. The van der Waals surface area contributed by atoms with E-state index in [4.69, 9.17) is 4.74 Å². The lowest BCUT2D eigenvalue weighted by Crippen LogP contribution is -2.29. The fourth-order valence-electron chi connectivity index (χ4n) is 2.51. The predicted molar refractivity (Wildman–Crippen MR) is 98.7 cm³/mol. The summed E-state index contributed by atoms with van der Waals surface area (Å²) < 4.78 is 43.4. The molecule has 6 nitrogen and oxygen atoms in total. The van der Waals surface area contributed by atoms with E-state index in [1.165, 1.54) is 12.1 Å². The van der Waals surface area contributed by atoms with Crippen molar-refractivity contribution in [2.75, 3.05) is 0 Å². The highest BCUT2D eigenvalue weighted by Gasteiger charge is 2.30. The topological polar surface area (TPSA) is 84.1 Å². The number of nitrogens with one attached hydrogen (secondary N) is 2. The van der Waals surface area contributed by atoms with Gasteiger partial charge in [-0.1, -0.05) is 30.3 Å². The minimum Gasteiger partial charge on any atom is -0.426 e. The second-order valence-corrected chi connectivity index (χ2v) is 6.17. The predicted octanol–water partition coefficient (Wildman–Crippen LogP) is 4.07. The van der Waals surface area contributed by atoms with E-state index in [-0.39, 0.29) is 11.7 Å². The minimum absolute atomic E-state index is 0.156. The summed E-state index contributed by atoms with van der Waals surface area (Å²) >= 11 is 0. The molecule has 1 amide bonds. The van der Waals surface area contributed by atoms with Gasteiger partial charge in [-0.05, 0) is 36.8 Å². The Bertz CT molecular complexity index is 1050. The lowest BCUT2D eigenvalue weighted by atomic mass is 10.1. The molecule has 0 saturated heterocycles. The molecule has 0 fully saturated rings. The summed E-state index contributed by atoms with van der Waals surface area (Å²) in [6, 6.07) is 13.2. The van der Waals surface area contributed by atoms with Crippen LogP contribution in [0, 0.1) is 0 Å². The standard InChI is InChI=1S/C20H16F3N3O3/c1-12(13-7-9-14(10-8-13)20(21,22)23)24-18(28)16-11-17(27)26-19(25-16)29-15-5-3-2-4-6-15/h2-12H,1H3,(H,24,28)(H,25,26,27)/t12-/m1/s1. The first-order valence-electron chi connectivity index (χ1n) is 8.54. The van der Waals surface area contributed by atoms with Crippen molar-refractivity contribution in [1.82, 2.24) is 15.3 Å². The van der Waals surface area contributed by atoms with Crippen molar-refractivity contribution in [3.63, 3.8) is 0 Å². The number of H-pyrrole nitrogens is 1. The van der Waals surface area contributed by atoms with Gasteiger partial charge in [-0.25, -0.2) is 0 Å². The van der Waals surface area contributed by atoms with Gasteiger partial charge in [-0.15, -0.1) is 0 Å². The van der Waals surface area contributed by atoms with Gasteiger partial charge < -0.3 is 10.1 Å². The number of aromatic amines is 1. The Morgan fingerprint density at radius 2 is 1.76 bits per heavy atom. The molecule has 0 spiro atoms. The maximum Gasteiger partial charge on any atom is 0.416 e. The number of amides is 1. The van der Waals surface area contributed by atoms with E-state index in [0.29, 0.717) is 11.3 Å². The lowest BCUT2D eigenvalue weighted by molar-refractivity contribution is -0.137. The number of aromatic nitrogens is 2. The molecule has 3 rings (SSSR count). The molecule has 0 saturated carbocycles. The van der Waals surface area contributed by atoms with Crippen molar-refractivity contribution in [3.05, 3.63) is 87.8 Å². The number of alkyl halides is 3. The van der Waals surface area contributed by atoms with Crippen LogP contribution in [0.5, 0.6) is 11.8 Å². The maximum atomic E-state index is 12.7. The molecule has 1 heterocycles. The van der Waals surface area contributed by atoms with Crippen LogP contribution in [-0.4, -0.2) is 15.9 Å². The lowest BCUT2D eigenvalue weighted by Gasteiger charge is -2.15. The molecular weight excluding hydrogens is 387 g/mol. The van der Waals surface area contributed by atoms with Crippen LogP contribution in [0.1, 0.15) is 34.6 Å². The minimum atomic E-state index is -4.44. The molecule has 9 heteroatoms. The van der Waals surface area contributed by atoms with E-state index in [1.807, 2.05) is 0 Å². The fourth-order valence-corrected chi connectivity index (χ4v) is 2.51. The molecule has 0 aliphatic heterocycles. The maximum absolute atomic E-state index is 12.7. The van der Waals surface area contributed by atoms with Crippen molar-refractivity contribution in [1.29, 1.82) is 0 Å². The van der Waals surface area contributed by atoms with Gasteiger partial charge >= 0.3 is 12.2 Å². The van der Waals surface area contributed by atoms with Gasteiger partial charge in [-0.3, -0.25) is 14.6 Å². The zero-order chi connectivity index (χ0) is 21.0. The molecule has 0 radical (unpaired) electrons. The number of para-hydroxylation sites is 1. The Labute approximate surface area is 163 Å². The summed E-state index contributed by atoms with van der Waals surface area (Å²) in [5.41, 5.74) is -1.08. The van der Waals surface area contributed by atoms with E-state index in [9.17, 15) is 22.8 Å². The zero-order valence-electron chi connectivity index (χ0n) is 15.2. The highest BCUT2D eigenvalue weighted by atomic mass is 19.4. The van der Waals surface area contributed by atoms with Crippen molar-refractivity contribution < 1.29 is 22.7 Å². The first kappa shape index (κ1) is 20.1. The zero-order valence-corrected chi connectivity index (χ0v) is 15.2. The quantitative estimate of drug-likeness (QED) is 0.673. The van der Waals surface area contributed by atoms with Gasteiger partial charge in [0, 0.05) is 6.07 Å². The normalized spacial score (nSPS) is 12.3. The number of carbonyl (C=O) groups is 1. The van der Waals surface area contributed by atoms with Gasteiger partial charge in [0.1, 0.15) is 11.4 Å². The van der Waals surface area contributed by atoms with Crippen LogP contribution in [0.15, 0.2) is 65.5 Å². The van der Waals surface area contributed by atoms with Crippen molar-refractivity contribution in [2.45, 2.75) is 19.1 Å². The Kier molecular flexibility index (Phi) is 5.67. The molecule has 29 heavy (non-hydrogen) atoms. The summed E-state index contributed by atoms with van der Waals surface area (Å²) in [5.74, 6) is -0.243. The number of benzene rings is 2. The van der Waals surface area contributed by atoms with E-state index in [0.717, 1.165) is 18.2 Å². The van der Waals surface area contributed by atoms with Crippen LogP contribution >= 0.6 is 0 Å². The van der Waals surface area contributed by atoms with Crippen LogP contribution < -0.4 is 15.6 Å². The van der Waals surface area contributed by atoms with Crippen LogP contribution in [0.3, 0.4) is 0 Å². The number of rotatable bonds is 5. The van der Waals surface area contributed by atoms with Gasteiger partial charge in [0.2, 0.25) is 0 Å². The number of halogens is 3. The number of nitrogens with zero attached hydrogens (tertiary/aromatic N) is 1. The fraction of sp³-hybridized carbons (Fsp3) is 0.150. The molecule has 3 aromatic rings. The highest BCUT2D eigenvalue weighted by molar-refractivity contribution is 5.92. The summed E-state index contributed by atoms with van der Waals surface area (Å²) in [5, 5.41) is 2.60. The SMILES string of the molecule is C[C@@H](NC(=O)c1cc(=O)[nH]c(Oc2ccccc2)n1)c1ccc(C(F)(F)F)cc1. The second kappa shape index (κ2) is 8.17. The number of carbonyl (C=O) groups excluding carboxylic acids is 1. The van der Waals surface area contributed by atoms with Gasteiger partial charge in [0.25, 0.3) is 11.5 Å². The third-order valence-corrected chi connectivity index (χ3v) is 4.00. The van der Waals surface area contributed by atoms with Crippen LogP contribution in [0.4, 0.5) is 13.2 Å². The summed E-state index contributed by atoms with van der Waals surface area (Å²) in [6.45, 7) is 1.61. The molecule has 0 aliphatic carbocycles. The van der Waals surface area contributed by atoms with Crippen LogP contribution in [0.25, 0.3) is 0 Å². The Morgan fingerprint density at radius 3 is 2.38 bits per heavy atom. The largest absolute Gasteiger partial charge is 0.426 e. The number of hydrogen-bond donors (Lipinski definition) is 2. The van der Waals surface area contributed by atoms with E-state index < -0.39 is 29.2 Å². The van der Waals surface area contributed by atoms with E-state index in [2.05, 4.69) is 15.3 Å². The molecule has 2 aromatic carbocycles. The van der Waals surface area contributed by atoms with E-state index in [1.54, 1.807) is 37.3 Å². The van der Waals surface area contributed by atoms with Crippen molar-refractivity contribution in [3.8, 4) is 11.8 Å². The Morgan fingerprint density at radius 1 is 1.10 bits per heavy atom. The Balaban J connectivity index is 1.74. The third-order valence-electron chi connectivity index (χ3n) is 4.00. The third kappa shape index (κ3) is 5.22. The summed E-state index contributed by atoms with van der Waals surface area (Å²) in [4.78, 5) is 30.6. The molecule has 1 atom stereocenters. The molecule has 0 unspecified atom stereocenters. The average molecular weight is 403 g/mol. The van der Waals surface area contributed by atoms with Crippen molar-refractivity contribution in [2.24, 2.45) is 0 Å². The van der Waals surface area contributed by atoms with Crippen molar-refractivity contribution >= 4 is 5.91 Å². The van der Waals surface area contributed by atoms with Gasteiger partial charge in [0.05, 0.1) is 11.6 Å². The van der Waals surface area contributed by atoms with Crippen LogP contribution in [-0.2, 0) is 6.18 Å². The molecule has 2 N–H and O–H groups in total. The summed E-state index contributed by atoms with van der Waals surface area (Å²) in [7, 11) is 0. The van der Waals surface area contributed by atoms with Gasteiger partial charge in [0.15, 0.2) is 0 Å².